The lowest BCUT2D eigenvalue weighted by atomic mass is 10.0. The minimum atomic E-state index is 0.368. The first-order valence-electron chi connectivity index (χ1n) is 9.22. The highest BCUT2D eigenvalue weighted by Gasteiger charge is 1.94. The van der Waals surface area contributed by atoms with Crippen molar-refractivity contribution >= 4 is 0 Å². The van der Waals surface area contributed by atoms with Gasteiger partial charge < -0.3 is 10.8 Å². The molecule has 122 valence electrons. The summed E-state index contributed by atoms with van der Waals surface area (Å²) in [5.74, 6) is 0. The third-order valence-electron chi connectivity index (χ3n) is 4.11. The van der Waals surface area contributed by atoms with Crippen molar-refractivity contribution in [3.8, 4) is 0 Å². The summed E-state index contributed by atoms with van der Waals surface area (Å²) in [6.45, 7) is 1.23. The van der Waals surface area contributed by atoms with E-state index in [-0.39, 0.29) is 0 Å². The molecular formula is C18H39NO. The molecule has 0 aromatic rings. The van der Waals surface area contributed by atoms with Crippen LogP contribution >= 0.6 is 0 Å². The molecule has 0 aliphatic heterocycles. The highest BCUT2D eigenvalue weighted by atomic mass is 16.2. The van der Waals surface area contributed by atoms with Crippen molar-refractivity contribution in [1.82, 2.24) is 0 Å². The maximum absolute atomic E-state index is 8.68. The van der Waals surface area contributed by atoms with E-state index < -0.39 is 0 Å². The molecule has 0 aliphatic rings. The number of unbranched alkanes of at least 4 members (excludes halogenated alkanes) is 15. The monoisotopic (exact) mass is 285 g/mol. The summed E-state index contributed by atoms with van der Waals surface area (Å²) < 4.78 is 0. The van der Waals surface area contributed by atoms with E-state index >= 15 is 0 Å². The van der Waals surface area contributed by atoms with Gasteiger partial charge in [0.2, 0.25) is 0 Å². The molecule has 0 saturated carbocycles. The lowest BCUT2D eigenvalue weighted by Gasteiger charge is -2.03. The fraction of sp³-hybridized carbons (Fsp3) is 1.00. The second-order valence-corrected chi connectivity index (χ2v) is 6.17. The molecule has 0 rings (SSSR count). The van der Waals surface area contributed by atoms with Crippen molar-refractivity contribution in [2.24, 2.45) is 5.73 Å². The lowest BCUT2D eigenvalue weighted by molar-refractivity contribution is 0.282. The maximum Gasteiger partial charge on any atom is 0.0431 e. The van der Waals surface area contributed by atoms with Gasteiger partial charge in [0.1, 0.15) is 0 Å². The van der Waals surface area contributed by atoms with Crippen LogP contribution in [0.3, 0.4) is 0 Å². The van der Waals surface area contributed by atoms with E-state index in [4.69, 9.17) is 10.8 Å². The Morgan fingerprint density at radius 1 is 0.400 bits per heavy atom. The molecule has 2 nitrogen and oxygen atoms in total. The zero-order valence-electron chi connectivity index (χ0n) is 13.8. The van der Waals surface area contributed by atoms with Crippen molar-refractivity contribution in [1.29, 1.82) is 0 Å². The molecule has 2 heteroatoms. The molecule has 0 atom stereocenters. The van der Waals surface area contributed by atoms with Gasteiger partial charge in [-0.05, 0) is 19.4 Å². The van der Waals surface area contributed by atoms with Crippen LogP contribution < -0.4 is 5.73 Å². The molecule has 0 heterocycles. The van der Waals surface area contributed by atoms with E-state index in [9.17, 15) is 0 Å². The number of hydrogen-bond acceptors (Lipinski definition) is 2. The Kier molecular flexibility index (Phi) is 18.8. The Labute approximate surface area is 127 Å². The Balaban J connectivity index is 2.89. The Bertz CT molecular complexity index is 143. The van der Waals surface area contributed by atoms with Gasteiger partial charge in [-0.25, -0.2) is 0 Å². The van der Waals surface area contributed by atoms with Crippen molar-refractivity contribution in [2.75, 3.05) is 13.2 Å². The number of aliphatic hydroxyl groups is 1. The second-order valence-electron chi connectivity index (χ2n) is 6.17. The molecule has 20 heavy (non-hydrogen) atoms. The zero-order valence-corrected chi connectivity index (χ0v) is 13.8. The van der Waals surface area contributed by atoms with Crippen molar-refractivity contribution in [2.45, 2.75) is 103 Å². The third-order valence-corrected chi connectivity index (χ3v) is 4.11. The summed E-state index contributed by atoms with van der Waals surface area (Å²) in [6, 6.07) is 0. The molecule has 0 aromatic heterocycles. The standard InChI is InChI=1S/C18H39NO/c19-17-15-13-11-9-7-5-3-1-2-4-6-8-10-12-14-16-18-20/h20H,1-19H2. The Morgan fingerprint density at radius 2 is 0.650 bits per heavy atom. The largest absolute Gasteiger partial charge is 0.396 e. The van der Waals surface area contributed by atoms with Gasteiger partial charge in [0.15, 0.2) is 0 Å². The molecule has 0 aliphatic carbocycles. The predicted molar refractivity (Wildman–Crippen MR) is 90.0 cm³/mol. The van der Waals surface area contributed by atoms with Crippen LogP contribution in [-0.4, -0.2) is 18.3 Å². The van der Waals surface area contributed by atoms with Gasteiger partial charge in [-0.15, -0.1) is 0 Å². The highest BCUT2D eigenvalue weighted by molar-refractivity contribution is 4.50. The van der Waals surface area contributed by atoms with Crippen LogP contribution in [0.4, 0.5) is 0 Å². The van der Waals surface area contributed by atoms with Gasteiger partial charge in [-0.3, -0.25) is 0 Å². The molecule has 3 N–H and O–H groups in total. The van der Waals surface area contributed by atoms with Crippen LogP contribution in [0.15, 0.2) is 0 Å². The summed E-state index contributed by atoms with van der Waals surface area (Å²) in [5.41, 5.74) is 5.48. The van der Waals surface area contributed by atoms with Crippen LogP contribution in [0, 0.1) is 0 Å². The minimum Gasteiger partial charge on any atom is -0.396 e. The van der Waals surface area contributed by atoms with Gasteiger partial charge in [0, 0.05) is 6.61 Å². The Morgan fingerprint density at radius 3 is 0.900 bits per heavy atom. The third kappa shape index (κ3) is 17.9. The average molecular weight is 286 g/mol. The molecule has 0 bridgehead atoms. The van der Waals surface area contributed by atoms with Crippen molar-refractivity contribution in [3.63, 3.8) is 0 Å². The van der Waals surface area contributed by atoms with Gasteiger partial charge in [-0.2, -0.15) is 0 Å². The van der Waals surface area contributed by atoms with E-state index in [0.29, 0.717) is 6.61 Å². The second kappa shape index (κ2) is 18.9. The molecule has 0 radical (unpaired) electrons. The fourth-order valence-corrected chi connectivity index (χ4v) is 2.73. The SMILES string of the molecule is NCCCCCCCCCCCCCCCCCCO. The van der Waals surface area contributed by atoms with E-state index in [2.05, 4.69) is 0 Å². The van der Waals surface area contributed by atoms with E-state index in [1.54, 1.807) is 0 Å². The van der Waals surface area contributed by atoms with Crippen molar-refractivity contribution < 1.29 is 5.11 Å². The molecule has 0 aromatic carbocycles. The Hall–Kier alpha value is -0.0800. The quantitative estimate of drug-likeness (QED) is 0.362. The van der Waals surface area contributed by atoms with E-state index in [0.717, 1.165) is 13.0 Å². The molecule has 0 unspecified atom stereocenters. The highest BCUT2D eigenvalue weighted by Crippen LogP contribution is 2.13. The lowest BCUT2D eigenvalue weighted by Crippen LogP contribution is -1.97. The molecule has 0 spiro atoms. The normalized spacial score (nSPS) is 11.1. The number of nitrogens with two attached hydrogens (primary N) is 1. The summed E-state index contributed by atoms with van der Waals surface area (Å²) in [7, 11) is 0. The topological polar surface area (TPSA) is 46.2 Å². The van der Waals surface area contributed by atoms with Crippen LogP contribution in [0.5, 0.6) is 0 Å². The first-order chi connectivity index (χ1) is 9.91. The number of rotatable bonds is 17. The zero-order chi connectivity index (χ0) is 14.7. The summed E-state index contributed by atoms with van der Waals surface area (Å²) >= 11 is 0. The average Bonchev–Trinajstić information content (AvgIpc) is 2.47. The van der Waals surface area contributed by atoms with E-state index in [1.165, 1.54) is 96.3 Å². The van der Waals surface area contributed by atoms with E-state index in [1.807, 2.05) is 0 Å². The molecule has 0 amide bonds. The fourth-order valence-electron chi connectivity index (χ4n) is 2.73. The summed E-state index contributed by atoms with van der Waals surface area (Å²) in [6.07, 6.45) is 21.6. The number of aliphatic hydroxyl groups excluding tert-OH is 1. The maximum atomic E-state index is 8.68. The molecule has 0 saturated heterocycles. The van der Waals surface area contributed by atoms with Gasteiger partial charge in [0.05, 0.1) is 0 Å². The van der Waals surface area contributed by atoms with Crippen molar-refractivity contribution in [3.05, 3.63) is 0 Å². The molecular weight excluding hydrogens is 246 g/mol. The molecule has 0 fully saturated rings. The first-order valence-corrected chi connectivity index (χ1v) is 9.22. The summed E-state index contributed by atoms with van der Waals surface area (Å²) in [4.78, 5) is 0. The van der Waals surface area contributed by atoms with Crippen LogP contribution in [0.2, 0.25) is 0 Å². The van der Waals surface area contributed by atoms with Crippen LogP contribution in [0.1, 0.15) is 103 Å². The smallest absolute Gasteiger partial charge is 0.0431 e. The van der Waals surface area contributed by atoms with Gasteiger partial charge in [-0.1, -0.05) is 89.9 Å². The summed E-state index contributed by atoms with van der Waals surface area (Å²) in [5, 5.41) is 8.68. The first kappa shape index (κ1) is 19.9. The van der Waals surface area contributed by atoms with Crippen LogP contribution in [-0.2, 0) is 0 Å². The minimum absolute atomic E-state index is 0.368. The van der Waals surface area contributed by atoms with Gasteiger partial charge >= 0.3 is 0 Å². The predicted octanol–water partition coefficient (Wildman–Crippen LogP) is 5.18. The number of hydrogen-bond donors (Lipinski definition) is 2. The van der Waals surface area contributed by atoms with Crippen LogP contribution in [0.25, 0.3) is 0 Å². The van der Waals surface area contributed by atoms with Gasteiger partial charge in [0.25, 0.3) is 0 Å².